The van der Waals surface area contributed by atoms with Crippen LogP contribution in [-0.4, -0.2) is 44.4 Å². The van der Waals surface area contributed by atoms with E-state index in [0.29, 0.717) is 6.04 Å². The second kappa shape index (κ2) is 7.06. The summed E-state index contributed by atoms with van der Waals surface area (Å²) in [6.45, 7) is 0. The third-order valence-electron chi connectivity index (χ3n) is 3.29. The summed E-state index contributed by atoms with van der Waals surface area (Å²) in [6, 6.07) is 0.488. The first-order valence-electron chi connectivity index (χ1n) is 6.32. The highest BCUT2D eigenvalue weighted by Crippen LogP contribution is 2.19. The van der Waals surface area contributed by atoms with Crippen LogP contribution in [-0.2, 0) is 14.8 Å². The van der Waals surface area contributed by atoms with E-state index in [1.165, 1.54) is 0 Å². The average Bonchev–Trinajstić information content (AvgIpc) is 2.28. The Hall–Kier alpha value is -0.660. The van der Waals surface area contributed by atoms with E-state index in [4.69, 9.17) is 5.11 Å². The zero-order chi connectivity index (χ0) is 13.6. The van der Waals surface area contributed by atoms with Gasteiger partial charge in [0, 0.05) is 18.5 Å². The number of hydrogen-bond donors (Lipinski definition) is 3. The molecule has 0 saturated heterocycles. The summed E-state index contributed by atoms with van der Waals surface area (Å²) in [6.07, 6.45) is 3.68. The molecule has 0 spiro atoms. The molecule has 0 aromatic heterocycles. The largest absolute Gasteiger partial charge is 0.481 e. The van der Waals surface area contributed by atoms with Crippen molar-refractivity contribution in [2.75, 3.05) is 12.8 Å². The van der Waals surface area contributed by atoms with E-state index in [1.807, 2.05) is 7.05 Å². The lowest BCUT2D eigenvalue weighted by Gasteiger charge is -2.28. The molecule has 0 heterocycles. The van der Waals surface area contributed by atoms with Crippen LogP contribution in [0.5, 0.6) is 0 Å². The van der Waals surface area contributed by atoms with Crippen LogP contribution in [0.15, 0.2) is 0 Å². The first-order chi connectivity index (χ1) is 8.43. The van der Waals surface area contributed by atoms with Crippen LogP contribution in [0.3, 0.4) is 0 Å². The van der Waals surface area contributed by atoms with Crippen LogP contribution in [0.25, 0.3) is 0 Å². The normalized spacial score (nSPS) is 24.9. The lowest BCUT2D eigenvalue weighted by Crippen LogP contribution is -2.42. The molecule has 18 heavy (non-hydrogen) atoms. The van der Waals surface area contributed by atoms with Crippen molar-refractivity contribution in [3.8, 4) is 0 Å². The topological polar surface area (TPSA) is 95.5 Å². The fourth-order valence-electron chi connectivity index (χ4n) is 2.23. The van der Waals surface area contributed by atoms with Crippen molar-refractivity contribution in [3.05, 3.63) is 0 Å². The van der Waals surface area contributed by atoms with Crippen molar-refractivity contribution in [1.82, 2.24) is 10.0 Å². The molecule has 0 amide bonds. The Morgan fingerprint density at radius 3 is 2.28 bits per heavy atom. The fourth-order valence-corrected chi connectivity index (χ4v) is 3.61. The minimum absolute atomic E-state index is 0.00410. The van der Waals surface area contributed by atoms with Crippen molar-refractivity contribution < 1.29 is 18.3 Å². The van der Waals surface area contributed by atoms with Crippen LogP contribution in [0.1, 0.15) is 38.5 Å². The minimum Gasteiger partial charge on any atom is -0.481 e. The number of nitrogens with one attached hydrogen (secondary N) is 2. The predicted octanol–water partition coefficient (Wildman–Crippen LogP) is 0.301. The number of rotatable bonds is 7. The summed E-state index contributed by atoms with van der Waals surface area (Å²) in [4.78, 5) is 10.3. The molecule has 0 atom stereocenters. The maximum atomic E-state index is 11.7. The number of hydrogen-bond acceptors (Lipinski definition) is 4. The van der Waals surface area contributed by atoms with E-state index in [9.17, 15) is 13.2 Å². The Kier molecular flexibility index (Phi) is 6.04. The Labute approximate surface area is 108 Å². The number of carboxylic acid groups (broad SMARTS) is 1. The summed E-state index contributed by atoms with van der Waals surface area (Å²) in [5, 5.41) is 11.7. The first kappa shape index (κ1) is 15.4. The molecule has 0 aromatic rings. The van der Waals surface area contributed by atoms with Gasteiger partial charge < -0.3 is 10.4 Å². The predicted molar refractivity (Wildman–Crippen MR) is 68.9 cm³/mol. The van der Waals surface area contributed by atoms with Gasteiger partial charge in [-0.15, -0.1) is 0 Å². The van der Waals surface area contributed by atoms with Crippen LogP contribution in [0, 0.1) is 0 Å². The molecular formula is C11H22N2O4S. The van der Waals surface area contributed by atoms with Crippen molar-refractivity contribution in [2.45, 2.75) is 50.6 Å². The highest BCUT2D eigenvalue weighted by atomic mass is 32.2. The molecule has 1 saturated carbocycles. The van der Waals surface area contributed by atoms with Crippen molar-refractivity contribution in [1.29, 1.82) is 0 Å². The molecule has 7 heteroatoms. The SMILES string of the molecule is CNC1CCC(NS(=O)(=O)CCCC(=O)O)CC1. The maximum Gasteiger partial charge on any atom is 0.303 e. The zero-order valence-electron chi connectivity index (χ0n) is 10.7. The van der Waals surface area contributed by atoms with Crippen molar-refractivity contribution in [2.24, 2.45) is 0 Å². The zero-order valence-corrected chi connectivity index (χ0v) is 11.5. The van der Waals surface area contributed by atoms with Gasteiger partial charge in [0.25, 0.3) is 0 Å². The highest BCUT2D eigenvalue weighted by Gasteiger charge is 2.23. The van der Waals surface area contributed by atoms with E-state index in [-0.39, 0.29) is 24.6 Å². The molecule has 1 fully saturated rings. The Morgan fingerprint density at radius 2 is 1.78 bits per heavy atom. The second-order valence-electron chi connectivity index (χ2n) is 4.77. The van der Waals surface area contributed by atoms with Gasteiger partial charge in [-0.1, -0.05) is 0 Å². The van der Waals surface area contributed by atoms with E-state index < -0.39 is 16.0 Å². The molecule has 6 nitrogen and oxygen atoms in total. The summed E-state index contributed by atoms with van der Waals surface area (Å²) in [7, 11) is -1.42. The van der Waals surface area contributed by atoms with Gasteiger partial charge in [-0.2, -0.15) is 0 Å². The van der Waals surface area contributed by atoms with E-state index in [0.717, 1.165) is 25.7 Å². The molecule has 3 N–H and O–H groups in total. The van der Waals surface area contributed by atoms with Gasteiger partial charge in [0.1, 0.15) is 0 Å². The van der Waals surface area contributed by atoms with Gasteiger partial charge >= 0.3 is 5.97 Å². The quantitative estimate of drug-likeness (QED) is 0.622. The minimum atomic E-state index is -3.33. The summed E-state index contributed by atoms with van der Waals surface area (Å²) in [5.74, 6) is -1.06. The number of sulfonamides is 1. The van der Waals surface area contributed by atoms with Gasteiger partial charge in [0.05, 0.1) is 5.75 Å². The molecule has 0 bridgehead atoms. The van der Waals surface area contributed by atoms with Crippen LogP contribution >= 0.6 is 0 Å². The van der Waals surface area contributed by atoms with E-state index in [2.05, 4.69) is 10.0 Å². The average molecular weight is 278 g/mol. The third-order valence-corrected chi connectivity index (χ3v) is 4.80. The number of carbonyl (C=O) groups is 1. The third kappa shape index (κ3) is 5.79. The molecule has 0 aliphatic heterocycles. The molecule has 0 unspecified atom stereocenters. The van der Waals surface area contributed by atoms with Gasteiger partial charge in [0.2, 0.25) is 10.0 Å². The summed E-state index contributed by atoms with van der Waals surface area (Å²) < 4.78 is 26.1. The molecular weight excluding hydrogens is 256 g/mol. The monoisotopic (exact) mass is 278 g/mol. The number of carboxylic acids is 1. The number of aliphatic carboxylic acids is 1. The van der Waals surface area contributed by atoms with Gasteiger partial charge in [-0.3, -0.25) is 4.79 Å². The molecule has 1 rings (SSSR count). The van der Waals surface area contributed by atoms with Crippen LogP contribution in [0.2, 0.25) is 0 Å². The Morgan fingerprint density at radius 1 is 1.22 bits per heavy atom. The summed E-state index contributed by atoms with van der Waals surface area (Å²) >= 11 is 0. The lowest BCUT2D eigenvalue weighted by molar-refractivity contribution is -0.137. The van der Waals surface area contributed by atoms with Crippen LogP contribution < -0.4 is 10.0 Å². The van der Waals surface area contributed by atoms with Gasteiger partial charge in [-0.05, 0) is 39.2 Å². The fraction of sp³-hybridized carbons (Fsp3) is 0.909. The standard InChI is InChI=1S/C11H22N2O4S/c1-12-9-4-6-10(7-5-9)13-18(16,17)8-2-3-11(14)15/h9-10,12-13H,2-8H2,1H3,(H,14,15). The molecule has 1 aliphatic carbocycles. The lowest BCUT2D eigenvalue weighted by atomic mass is 9.92. The molecule has 1 aliphatic rings. The van der Waals surface area contributed by atoms with E-state index >= 15 is 0 Å². The maximum absolute atomic E-state index is 11.7. The summed E-state index contributed by atoms with van der Waals surface area (Å²) in [5.41, 5.74) is 0. The van der Waals surface area contributed by atoms with E-state index in [1.54, 1.807) is 0 Å². The van der Waals surface area contributed by atoms with Crippen molar-refractivity contribution in [3.63, 3.8) is 0 Å². The molecule has 0 aromatic carbocycles. The first-order valence-corrected chi connectivity index (χ1v) is 7.97. The van der Waals surface area contributed by atoms with Crippen LogP contribution in [0.4, 0.5) is 0 Å². The van der Waals surface area contributed by atoms with Gasteiger partial charge in [-0.25, -0.2) is 13.1 Å². The Bertz CT molecular complexity index is 361. The molecule has 106 valence electrons. The second-order valence-corrected chi connectivity index (χ2v) is 6.64. The molecule has 0 radical (unpaired) electrons. The highest BCUT2D eigenvalue weighted by molar-refractivity contribution is 7.89. The van der Waals surface area contributed by atoms with Gasteiger partial charge in [0.15, 0.2) is 0 Å². The van der Waals surface area contributed by atoms with Crippen molar-refractivity contribution >= 4 is 16.0 Å². The smallest absolute Gasteiger partial charge is 0.303 e. The Balaban J connectivity index is 2.30.